The van der Waals surface area contributed by atoms with Crippen LogP contribution in [0.2, 0.25) is 10.0 Å². The van der Waals surface area contributed by atoms with E-state index >= 15 is 0 Å². The van der Waals surface area contributed by atoms with Crippen LogP contribution in [0.1, 0.15) is 32.0 Å². The second kappa shape index (κ2) is 10.1. The van der Waals surface area contributed by atoms with E-state index in [0.717, 1.165) is 5.56 Å². The van der Waals surface area contributed by atoms with Gasteiger partial charge in [-0.3, -0.25) is 0 Å². The van der Waals surface area contributed by atoms with Crippen molar-refractivity contribution in [2.45, 2.75) is 26.2 Å². The average molecular weight is 489 g/mol. The van der Waals surface area contributed by atoms with E-state index in [9.17, 15) is 4.79 Å². The summed E-state index contributed by atoms with van der Waals surface area (Å²) in [6.45, 7) is 2.32. The van der Waals surface area contributed by atoms with Crippen LogP contribution in [0.25, 0.3) is 0 Å². The number of rotatable bonds is 8. The van der Waals surface area contributed by atoms with Crippen LogP contribution in [-0.2, 0) is 17.9 Å². The summed E-state index contributed by atoms with van der Waals surface area (Å²) in [6, 6.07) is 14.2. The molecule has 0 radical (unpaired) electrons. The predicted molar refractivity (Wildman–Crippen MR) is 122 cm³/mol. The third-order valence-corrected chi connectivity index (χ3v) is 6.13. The van der Waals surface area contributed by atoms with Crippen molar-refractivity contribution in [2.75, 3.05) is 0 Å². The molecule has 7 nitrogen and oxygen atoms in total. The number of benzene rings is 2. The fourth-order valence-corrected chi connectivity index (χ4v) is 4.06. The first-order chi connectivity index (χ1) is 15.5. The standard InChI is InChI=1S/C22H18Cl2N4O3S/c1-14-21(32-20(27-14)11-30-18-8-6-17(24)7-9-18)22(29)31-19(10-28-13-25-12-26-28)15-2-4-16(23)5-3-15/h2-9,12-13,19H,10-11H2,1H3/t19-/m1/s1. The summed E-state index contributed by atoms with van der Waals surface area (Å²) in [5, 5.41) is 6.02. The average Bonchev–Trinajstić information content (AvgIpc) is 3.43. The van der Waals surface area contributed by atoms with Gasteiger partial charge in [0.05, 0.1) is 12.2 Å². The molecule has 10 heteroatoms. The van der Waals surface area contributed by atoms with E-state index in [2.05, 4.69) is 15.1 Å². The third kappa shape index (κ3) is 5.64. The molecule has 1 atom stereocenters. The van der Waals surface area contributed by atoms with Gasteiger partial charge < -0.3 is 9.47 Å². The number of nitrogens with zero attached hydrogens (tertiary/aromatic N) is 4. The summed E-state index contributed by atoms with van der Waals surface area (Å²) in [5.74, 6) is 0.208. The molecule has 2 heterocycles. The lowest BCUT2D eigenvalue weighted by Gasteiger charge is -2.18. The van der Waals surface area contributed by atoms with E-state index in [1.165, 1.54) is 17.7 Å². The van der Waals surface area contributed by atoms with E-state index in [1.807, 2.05) is 12.1 Å². The number of aryl methyl sites for hydroxylation is 1. The summed E-state index contributed by atoms with van der Waals surface area (Å²) >= 11 is 13.1. The topological polar surface area (TPSA) is 79.1 Å². The lowest BCUT2D eigenvalue weighted by molar-refractivity contribution is 0.0251. The minimum atomic E-state index is -0.572. The number of aromatic nitrogens is 4. The second-order valence-corrected chi connectivity index (χ2v) is 8.78. The van der Waals surface area contributed by atoms with E-state index < -0.39 is 12.1 Å². The molecule has 0 spiro atoms. The monoisotopic (exact) mass is 488 g/mol. The third-order valence-electron chi connectivity index (χ3n) is 4.51. The van der Waals surface area contributed by atoms with Gasteiger partial charge in [0.25, 0.3) is 0 Å². The largest absolute Gasteiger partial charge is 0.486 e. The summed E-state index contributed by atoms with van der Waals surface area (Å²) in [5.41, 5.74) is 1.39. The summed E-state index contributed by atoms with van der Waals surface area (Å²) in [6.07, 6.45) is 2.43. The molecule has 2 aromatic carbocycles. The molecular formula is C22H18Cl2N4O3S. The van der Waals surface area contributed by atoms with Gasteiger partial charge in [0, 0.05) is 10.0 Å². The molecule has 0 N–H and O–H groups in total. The molecule has 4 aromatic rings. The highest BCUT2D eigenvalue weighted by Gasteiger charge is 2.23. The van der Waals surface area contributed by atoms with E-state index in [4.69, 9.17) is 32.7 Å². The van der Waals surface area contributed by atoms with Gasteiger partial charge in [0.1, 0.15) is 41.0 Å². The quantitative estimate of drug-likeness (QED) is 0.303. The van der Waals surface area contributed by atoms with Gasteiger partial charge in [0.2, 0.25) is 0 Å². The highest BCUT2D eigenvalue weighted by atomic mass is 35.5. The van der Waals surface area contributed by atoms with Crippen LogP contribution in [-0.4, -0.2) is 25.7 Å². The zero-order chi connectivity index (χ0) is 22.5. The highest BCUT2D eigenvalue weighted by molar-refractivity contribution is 7.13. The number of halogens is 2. The summed E-state index contributed by atoms with van der Waals surface area (Å²) in [7, 11) is 0. The molecule has 4 rings (SSSR count). The zero-order valence-electron chi connectivity index (χ0n) is 16.9. The first-order valence-corrected chi connectivity index (χ1v) is 11.2. The minimum Gasteiger partial charge on any atom is -0.486 e. The van der Waals surface area contributed by atoms with Gasteiger partial charge in [-0.2, -0.15) is 5.10 Å². The number of ether oxygens (including phenoxy) is 2. The van der Waals surface area contributed by atoms with Crippen LogP contribution in [0, 0.1) is 6.92 Å². The van der Waals surface area contributed by atoms with Crippen LogP contribution < -0.4 is 4.74 Å². The van der Waals surface area contributed by atoms with E-state index in [-0.39, 0.29) is 6.61 Å². The smallest absolute Gasteiger partial charge is 0.350 e. The van der Waals surface area contributed by atoms with Crippen molar-refractivity contribution in [3.8, 4) is 5.75 Å². The van der Waals surface area contributed by atoms with Crippen LogP contribution in [0.15, 0.2) is 61.2 Å². The van der Waals surface area contributed by atoms with Gasteiger partial charge in [-0.1, -0.05) is 35.3 Å². The number of carbonyl (C=O) groups excluding carboxylic acids is 1. The molecule has 0 aliphatic carbocycles. The Morgan fingerprint density at radius 2 is 1.78 bits per heavy atom. The molecule has 0 bridgehead atoms. The van der Waals surface area contributed by atoms with Gasteiger partial charge in [-0.05, 0) is 48.9 Å². The van der Waals surface area contributed by atoms with Crippen molar-refractivity contribution in [2.24, 2.45) is 0 Å². The SMILES string of the molecule is Cc1nc(COc2ccc(Cl)cc2)sc1C(=O)O[C@H](Cn1cncn1)c1ccc(Cl)cc1. The molecule has 0 unspecified atom stereocenters. The highest BCUT2D eigenvalue weighted by Crippen LogP contribution is 2.27. The second-order valence-electron chi connectivity index (χ2n) is 6.83. The fourth-order valence-electron chi connectivity index (χ4n) is 2.95. The Morgan fingerprint density at radius 3 is 2.44 bits per heavy atom. The first kappa shape index (κ1) is 22.3. The van der Waals surface area contributed by atoms with Crippen molar-refractivity contribution in [1.29, 1.82) is 0 Å². The van der Waals surface area contributed by atoms with Crippen molar-refractivity contribution in [3.63, 3.8) is 0 Å². The first-order valence-electron chi connectivity index (χ1n) is 9.61. The number of hydrogen-bond donors (Lipinski definition) is 0. The Labute approximate surface area is 198 Å². The Balaban J connectivity index is 1.47. The number of carbonyl (C=O) groups is 1. The molecule has 0 amide bonds. The lowest BCUT2D eigenvalue weighted by Crippen LogP contribution is -2.17. The normalized spacial score (nSPS) is 11.8. The van der Waals surface area contributed by atoms with Crippen molar-refractivity contribution in [3.05, 3.63) is 92.4 Å². The molecule has 0 fully saturated rings. The Morgan fingerprint density at radius 1 is 1.09 bits per heavy atom. The molecule has 32 heavy (non-hydrogen) atoms. The Hall–Kier alpha value is -2.94. The summed E-state index contributed by atoms with van der Waals surface area (Å²) in [4.78, 5) is 21.8. The Kier molecular flexibility index (Phi) is 7.04. The molecule has 0 saturated heterocycles. The predicted octanol–water partition coefficient (Wildman–Crippen LogP) is 5.53. The van der Waals surface area contributed by atoms with Crippen molar-refractivity contribution < 1.29 is 14.3 Å². The van der Waals surface area contributed by atoms with E-state index in [0.29, 0.717) is 37.9 Å². The van der Waals surface area contributed by atoms with Crippen molar-refractivity contribution in [1.82, 2.24) is 19.7 Å². The van der Waals surface area contributed by atoms with Gasteiger partial charge in [-0.15, -0.1) is 11.3 Å². The van der Waals surface area contributed by atoms with Crippen LogP contribution in [0.4, 0.5) is 0 Å². The molecule has 0 aliphatic heterocycles. The fraction of sp³-hybridized carbons (Fsp3) is 0.182. The van der Waals surface area contributed by atoms with Gasteiger partial charge in [-0.25, -0.2) is 19.4 Å². The van der Waals surface area contributed by atoms with Crippen LogP contribution >= 0.6 is 34.5 Å². The minimum absolute atomic E-state index is 0.236. The maximum absolute atomic E-state index is 13.0. The maximum Gasteiger partial charge on any atom is 0.350 e. The van der Waals surface area contributed by atoms with Crippen LogP contribution in [0.5, 0.6) is 5.75 Å². The lowest BCUT2D eigenvalue weighted by atomic mass is 10.1. The molecular weight excluding hydrogens is 471 g/mol. The Bertz CT molecular complexity index is 1180. The summed E-state index contributed by atoms with van der Waals surface area (Å²) < 4.78 is 13.2. The molecule has 0 aliphatic rings. The number of thiazole rings is 1. The molecule has 164 valence electrons. The van der Waals surface area contributed by atoms with Gasteiger partial charge in [0.15, 0.2) is 0 Å². The van der Waals surface area contributed by atoms with E-state index in [1.54, 1.807) is 54.3 Å². The van der Waals surface area contributed by atoms with Gasteiger partial charge >= 0.3 is 5.97 Å². The molecule has 2 aromatic heterocycles. The maximum atomic E-state index is 13.0. The van der Waals surface area contributed by atoms with Crippen LogP contribution in [0.3, 0.4) is 0 Å². The zero-order valence-corrected chi connectivity index (χ0v) is 19.3. The van der Waals surface area contributed by atoms with Crippen molar-refractivity contribution >= 4 is 40.5 Å². The number of hydrogen-bond acceptors (Lipinski definition) is 7. The number of esters is 1. The molecule has 0 saturated carbocycles.